The summed E-state index contributed by atoms with van der Waals surface area (Å²) in [5.41, 5.74) is 1.96. The SMILES string of the molecule is C=CCO[C@@H]1C[C@H](NC[C@@H](O)[C@H](Cc2cc(F)cc(F)c2)NC(=O)[C@H](CC=C)N(C)C(=O)C(C)CC(F)(F)F)c2cc(OC)ccc21. The average molecular weight is 668 g/mol. The highest BCUT2D eigenvalue weighted by Gasteiger charge is 2.38. The summed E-state index contributed by atoms with van der Waals surface area (Å²) in [5.74, 6) is -4.22. The first kappa shape index (κ1) is 37.6. The van der Waals surface area contributed by atoms with E-state index in [4.69, 9.17) is 9.47 Å². The topological polar surface area (TPSA) is 100 Å². The van der Waals surface area contributed by atoms with Crippen molar-refractivity contribution in [3.05, 3.63) is 90.0 Å². The fourth-order valence-electron chi connectivity index (χ4n) is 5.76. The monoisotopic (exact) mass is 667 g/mol. The number of fused-ring (bicyclic) bond motifs is 1. The van der Waals surface area contributed by atoms with Crippen LogP contribution in [0.25, 0.3) is 0 Å². The van der Waals surface area contributed by atoms with Crippen molar-refractivity contribution in [3.8, 4) is 5.75 Å². The van der Waals surface area contributed by atoms with Crippen molar-refractivity contribution in [1.29, 1.82) is 0 Å². The molecule has 0 saturated carbocycles. The molecule has 13 heteroatoms. The van der Waals surface area contributed by atoms with Crippen LogP contribution in [-0.2, 0) is 20.7 Å². The second-order valence-corrected chi connectivity index (χ2v) is 11.7. The number of hydrogen-bond donors (Lipinski definition) is 3. The maximum atomic E-state index is 14.1. The lowest BCUT2D eigenvalue weighted by Crippen LogP contribution is -2.55. The Morgan fingerprint density at radius 1 is 1.11 bits per heavy atom. The van der Waals surface area contributed by atoms with Gasteiger partial charge in [0.1, 0.15) is 23.4 Å². The van der Waals surface area contributed by atoms with Crippen molar-refractivity contribution in [3.63, 3.8) is 0 Å². The third kappa shape index (κ3) is 10.6. The maximum Gasteiger partial charge on any atom is 0.389 e. The lowest BCUT2D eigenvalue weighted by Gasteiger charge is -2.32. The van der Waals surface area contributed by atoms with Crippen LogP contribution in [0.3, 0.4) is 0 Å². The fourth-order valence-corrected chi connectivity index (χ4v) is 5.76. The molecule has 2 amide bonds. The molecule has 3 rings (SSSR count). The van der Waals surface area contributed by atoms with Gasteiger partial charge in [-0.25, -0.2) is 8.78 Å². The number of methoxy groups -OCH3 is 1. The van der Waals surface area contributed by atoms with Crippen LogP contribution >= 0.6 is 0 Å². The molecule has 0 fully saturated rings. The van der Waals surface area contributed by atoms with Gasteiger partial charge in [0.25, 0.3) is 0 Å². The number of hydrogen-bond acceptors (Lipinski definition) is 6. The van der Waals surface area contributed by atoms with Crippen molar-refractivity contribution in [2.45, 2.75) is 69.1 Å². The summed E-state index contributed by atoms with van der Waals surface area (Å²) in [6.45, 7) is 8.65. The summed E-state index contributed by atoms with van der Waals surface area (Å²) in [7, 11) is 2.76. The summed E-state index contributed by atoms with van der Waals surface area (Å²) in [6.07, 6.45) is -4.35. The minimum atomic E-state index is -4.59. The van der Waals surface area contributed by atoms with E-state index in [9.17, 15) is 36.6 Å². The van der Waals surface area contributed by atoms with Crippen LogP contribution in [0.5, 0.6) is 5.75 Å². The van der Waals surface area contributed by atoms with Crippen LogP contribution in [0.15, 0.2) is 61.7 Å². The summed E-state index contributed by atoms with van der Waals surface area (Å²) in [6, 6.07) is 5.72. The molecular formula is C34H42F5N3O5. The molecule has 8 nitrogen and oxygen atoms in total. The molecule has 2 aromatic rings. The highest BCUT2D eigenvalue weighted by atomic mass is 19.4. The number of aliphatic hydroxyl groups excluding tert-OH is 1. The van der Waals surface area contributed by atoms with Gasteiger partial charge < -0.3 is 30.1 Å². The Hall–Kier alpha value is -3.81. The largest absolute Gasteiger partial charge is 0.497 e. The van der Waals surface area contributed by atoms with Crippen LogP contribution in [0.1, 0.15) is 55.0 Å². The zero-order valence-corrected chi connectivity index (χ0v) is 26.7. The molecular weight excluding hydrogens is 625 g/mol. The molecule has 0 heterocycles. The predicted octanol–water partition coefficient (Wildman–Crippen LogP) is 5.33. The van der Waals surface area contributed by atoms with E-state index in [1.54, 1.807) is 13.2 Å². The van der Waals surface area contributed by atoms with Crippen molar-refractivity contribution in [2.75, 3.05) is 27.3 Å². The number of nitrogens with zero attached hydrogens (tertiary/aromatic N) is 1. The number of amides is 2. The quantitative estimate of drug-likeness (QED) is 0.156. The zero-order chi connectivity index (χ0) is 34.9. The first-order valence-electron chi connectivity index (χ1n) is 15.2. The number of benzene rings is 2. The lowest BCUT2D eigenvalue weighted by atomic mass is 9.98. The van der Waals surface area contributed by atoms with Gasteiger partial charge in [0.15, 0.2) is 0 Å². The van der Waals surface area contributed by atoms with Gasteiger partial charge in [-0.2, -0.15) is 13.2 Å². The second-order valence-electron chi connectivity index (χ2n) is 11.7. The number of nitrogens with one attached hydrogen (secondary N) is 2. The molecule has 1 unspecified atom stereocenters. The predicted molar refractivity (Wildman–Crippen MR) is 166 cm³/mol. The van der Waals surface area contributed by atoms with Gasteiger partial charge in [0, 0.05) is 31.6 Å². The van der Waals surface area contributed by atoms with E-state index in [1.165, 1.54) is 13.1 Å². The van der Waals surface area contributed by atoms with Gasteiger partial charge in [-0.3, -0.25) is 9.59 Å². The molecule has 0 aliphatic heterocycles. The van der Waals surface area contributed by atoms with Gasteiger partial charge in [-0.1, -0.05) is 25.1 Å². The minimum absolute atomic E-state index is 0.0816. The van der Waals surface area contributed by atoms with E-state index < -0.39 is 60.2 Å². The molecule has 1 aliphatic rings. The molecule has 258 valence electrons. The van der Waals surface area contributed by atoms with Crippen molar-refractivity contribution >= 4 is 11.8 Å². The van der Waals surface area contributed by atoms with Gasteiger partial charge in [0.2, 0.25) is 11.8 Å². The molecule has 0 aromatic heterocycles. The number of rotatable bonds is 17. The number of carbonyl (C=O) groups excluding carboxylic acids is 2. The average Bonchev–Trinajstić information content (AvgIpc) is 3.35. The number of halogens is 5. The van der Waals surface area contributed by atoms with E-state index in [2.05, 4.69) is 23.8 Å². The van der Waals surface area contributed by atoms with E-state index in [1.807, 2.05) is 18.2 Å². The second kappa shape index (κ2) is 16.8. The standard InChI is InChI=1S/C34H42F5N3O5/c1-6-8-29(42(4)33(45)20(3)18-34(37,38)39)32(44)41-28(14-21-12-22(35)15-23(36)13-21)30(43)19-40-27-17-31(47-11-7-2)25-10-9-24(46-5)16-26(25)27/h6-7,9-10,12-13,15-16,20,27-31,40,43H,1-2,8,11,14,17-19H2,3-5H3,(H,41,44)/t20?,27-,28-,29-,30+,31+/m0/s1. The first-order valence-corrected chi connectivity index (χ1v) is 15.2. The smallest absolute Gasteiger partial charge is 0.389 e. The lowest BCUT2D eigenvalue weighted by molar-refractivity contribution is -0.159. The third-order valence-electron chi connectivity index (χ3n) is 8.09. The normalized spacial score (nSPS) is 18.4. The van der Waals surface area contributed by atoms with Crippen molar-refractivity contribution in [2.24, 2.45) is 5.92 Å². The molecule has 3 N–H and O–H groups in total. The number of likely N-dealkylation sites (N-methyl/N-ethyl adjacent to an activating group) is 1. The van der Waals surface area contributed by atoms with Gasteiger partial charge in [-0.05, 0) is 60.2 Å². The Bertz CT molecular complexity index is 1380. The van der Waals surface area contributed by atoms with Gasteiger partial charge in [-0.15, -0.1) is 13.2 Å². The molecule has 1 aliphatic carbocycles. The van der Waals surface area contributed by atoms with Crippen molar-refractivity contribution in [1.82, 2.24) is 15.5 Å². The summed E-state index contributed by atoms with van der Waals surface area (Å²) < 4.78 is 78.4. The Kier molecular flexibility index (Phi) is 13.5. The van der Waals surface area contributed by atoms with E-state index >= 15 is 0 Å². The highest BCUT2D eigenvalue weighted by Crippen LogP contribution is 2.42. The Morgan fingerprint density at radius 2 is 1.79 bits per heavy atom. The number of ether oxygens (including phenoxy) is 2. The summed E-state index contributed by atoms with van der Waals surface area (Å²) in [5, 5.41) is 17.3. The van der Waals surface area contributed by atoms with Crippen molar-refractivity contribution < 1.29 is 46.1 Å². The zero-order valence-electron chi connectivity index (χ0n) is 26.7. The Morgan fingerprint density at radius 3 is 2.38 bits per heavy atom. The third-order valence-corrected chi connectivity index (χ3v) is 8.09. The van der Waals surface area contributed by atoms with E-state index in [-0.39, 0.29) is 37.1 Å². The minimum Gasteiger partial charge on any atom is -0.497 e. The van der Waals surface area contributed by atoms with Crippen LogP contribution in [-0.4, -0.2) is 73.5 Å². The van der Waals surface area contributed by atoms with Crippen LogP contribution in [0, 0.1) is 17.6 Å². The molecule has 0 bridgehead atoms. The highest BCUT2D eigenvalue weighted by molar-refractivity contribution is 5.88. The van der Waals surface area contributed by atoms with E-state index in [0.717, 1.165) is 35.1 Å². The number of carbonyl (C=O) groups is 2. The Balaban J connectivity index is 1.83. The van der Waals surface area contributed by atoms with Crippen LogP contribution in [0.4, 0.5) is 22.0 Å². The molecule has 0 radical (unpaired) electrons. The molecule has 0 saturated heterocycles. The van der Waals surface area contributed by atoms with Crippen LogP contribution in [0.2, 0.25) is 0 Å². The molecule has 47 heavy (non-hydrogen) atoms. The molecule has 0 spiro atoms. The van der Waals surface area contributed by atoms with Gasteiger partial charge >= 0.3 is 6.18 Å². The number of aliphatic hydroxyl groups is 1. The molecule has 6 atom stereocenters. The van der Waals surface area contributed by atoms with Crippen LogP contribution < -0.4 is 15.4 Å². The number of alkyl halides is 3. The summed E-state index contributed by atoms with van der Waals surface area (Å²) in [4.78, 5) is 27.4. The van der Waals surface area contributed by atoms with Gasteiger partial charge in [0.05, 0.1) is 38.4 Å². The first-order chi connectivity index (χ1) is 22.2. The molecule has 2 aromatic carbocycles. The Labute approximate surface area is 271 Å². The maximum absolute atomic E-state index is 14.1. The summed E-state index contributed by atoms with van der Waals surface area (Å²) >= 11 is 0. The fraction of sp³-hybridized carbons (Fsp3) is 0.471. The van der Waals surface area contributed by atoms with E-state index in [0.29, 0.717) is 24.8 Å².